The Bertz CT molecular complexity index is 300. The van der Waals surface area contributed by atoms with Crippen molar-refractivity contribution < 1.29 is 19.4 Å². The first kappa shape index (κ1) is 13.0. The molecule has 1 rings (SSSR count). The number of carboxylic acids is 1. The van der Waals surface area contributed by atoms with Crippen LogP contribution in [0.5, 0.6) is 0 Å². The second-order valence-electron chi connectivity index (χ2n) is 5.33. The fourth-order valence-electron chi connectivity index (χ4n) is 1.80. The minimum Gasteiger partial charge on any atom is -0.480 e. The maximum atomic E-state index is 11.8. The fourth-order valence-corrected chi connectivity index (χ4v) is 2.64. The first-order valence-electron chi connectivity index (χ1n) is 5.43. The van der Waals surface area contributed by atoms with Crippen molar-refractivity contribution in [1.82, 2.24) is 4.90 Å². The number of rotatable bonds is 1. The Balaban J connectivity index is 2.71. The summed E-state index contributed by atoms with van der Waals surface area (Å²) in [5.74, 6) is -0.941. The molecule has 1 amide bonds. The molecule has 0 aliphatic carbocycles. The van der Waals surface area contributed by atoms with E-state index in [1.165, 1.54) is 4.90 Å². The van der Waals surface area contributed by atoms with Gasteiger partial charge in [0, 0.05) is 16.8 Å². The molecule has 92 valence electrons. The van der Waals surface area contributed by atoms with Crippen molar-refractivity contribution in [3.8, 4) is 0 Å². The highest BCUT2D eigenvalue weighted by Gasteiger charge is 2.39. The number of carboxylic acid groups (broad SMARTS) is 1. The fraction of sp³-hybridized carbons (Fsp3) is 0.800. The van der Waals surface area contributed by atoms with Crippen molar-refractivity contribution in [2.24, 2.45) is 0 Å². The van der Waals surface area contributed by atoms with Crippen molar-refractivity contribution in [2.45, 2.75) is 44.4 Å². The van der Waals surface area contributed by atoms with Crippen molar-refractivity contribution in [3.63, 3.8) is 0 Å². The van der Waals surface area contributed by atoms with Crippen molar-refractivity contribution in [2.75, 3.05) is 6.54 Å². The number of ether oxygens (including phenoxy) is 1. The van der Waals surface area contributed by atoms with E-state index in [0.29, 0.717) is 18.5 Å². The van der Waals surface area contributed by atoms with Crippen LogP contribution in [0.4, 0.5) is 4.79 Å². The van der Waals surface area contributed by atoms with E-state index in [0.717, 1.165) is 10.2 Å². The Labute approximate surface area is 98.2 Å². The third-order valence-corrected chi connectivity index (χ3v) is 3.26. The molecule has 2 atom stereocenters. The summed E-state index contributed by atoms with van der Waals surface area (Å²) in [6.07, 6.45) is 0.0408. The lowest BCUT2D eigenvalue weighted by atomic mass is 10.2. The third-order valence-electron chi connectivity index (χ3n) is 2.42. The van der Waals surface area contributed by atoms with Gasteiger partial charge in [-0.15, -0.1) is 0 Å². The second kappa shape index (κ2) is 4.45. The van der Waals surface area contributed by atoms with Crippen molar-refractivity contribution in [3.05, 3.63) is 0 Å². The Morgan fingerprint density at radius 2 is 2.00 bits per heavy atom. The molecule has 0 spiro atoms. The molecule has 1 aliphatic rings. The van der Waals surface area contributed by atoms with Gasteiger partial charge < -0.3 is 9.84 Å². The Hall–Kier alpha value is -1.04. The molecular formula is C10H19NO4Si. The Kier molecular flexibility index (Phi) is 3.62. The average Bonchev–Trinajstić information content (AvgIpc) is 2.44. The molecule has 0 aromatic carbocycles. The molecule has 16 heavy (non-hydrogen) atoms. The molecule has 0 bridgehead atoms. The molecule has 1 fully saturated rings. The van der Waals surface area contributed by atoms with Crippen LogP contribution >= 0.6 is 0 Å². The van der Waals surface area contributed by atoms with Crippen molar-refractivity contribution in [1.29, 1.82) is 0 Å². The molecule has 6 heteroatoms. The van der Waals surface area contributed by atoms with E-state index >= 15 is 0 Å². The average molecular weight is 245 g/mol. The largest absolute Gasteiger partial charge is 0.480 e. The summed E-state index contributed by atoms with van der Waals surface area (Å²) < 4.78 is 5.19. The normalized spacial score (nSPS) is 25.8. The van der Waals surface area contributed by atoms with Crippen LogP contribution in [0.1, 0.15) is 27.2 Å². The van der Waals surface area contributed by atoms with Gasteiger partial charge in [-0.1, -0.05) is 0 Å². The minimum atomic E-state index is -0.941. The number of nitrogens with zero attached hydrogens (tertiary/aromatic N) is 1. The van der Waals surface area contributed by atoms with E-state index in [2.05, 4.69) is 0 Å². The highest BCUT2D eigenvalue weighted by molar-refractivity contribution is 6.12. The second-order valence-corrected chi connectivity index (χ2v) is 6.96. The van der Waals surface area contributed by atoms with Gasteiger partial charge >= 0.3 is 12.1 Å². The predicted octanol–water partition coefficient (Wildman–Crippen LogP) is 0.234. The van der Waals surface area contributed by atoms with Gasteiger partial charge in [-0.05, 0) is 32.7 Å². The number of likely N-dealkylation sites (tertiary alicyclic amines) is 1. The number of hydrogen-bond donors (Lipinski definition) is 1. The first-order valence-corrected chi connectivity index (χ1v) is 6.58. The molecular weight excluding hydrogens is 226 g/mol. The quantitative estimate of drug-likeness (QED) is 0.672. The molecule has 1 heterocycles. The number of hydrogen-bond acceptors (Lipinski definition) is 3. The highest BCUT2D eigenvalue weighted by Crippen LogP contribution is 2.27. The van der Waals surface area contributed by atoms with Crippen LogP contribution in [0, 0.1) is 0 Å². The zero-order valence-corrected chi connectivity index (χ0v) is 12.2. The maximum Gasteiger partial charge on any atom is 0.411 e. The zero-order valence-electron chi connectivity index (χ0n) is 10.2. The van der Waals surface area contributed by atoms with Crippen LogP contribution in [0.2, 0.25) is 5.54 Å². The summed E-state index contributed by atoms with van der Waals surface area (Å²) in [4.78, 5) is 24.1. The van der Waals surface area contributed by atoms with Gasteiger partial charge in [0.25, 0.3) is 0 Å². The van der Waals surface area contributed by atoms with E-state index in [1.807, 2.05) is 0 Å². The number of carbonyl (C=O) groups excluding carboxylic acids is 1. The van der Waals surface area contributed by atoms with E-state index in [9.17, 15) is 9.59 Å². The summed E-state index contributed by atoms with van der Waals surface area (Å²) in [5.41, 5.74) is -0.239. The van der Waals surface area contributed by atoms with Crippen LogP contribution in [0.25, 0.3) is 0 Å². The van der Waals surface area contributed by atoms with Crippen LogP contribution in [0.15, 0.2) is 0 Å². The lowest BCUT2D eigenvalue weighted by Gasteiger charge is -2.26. The molecule has 1 saturated heterocycles. The molecule has 1 aliphatic heterocycles. The SMILES string of the molecule is CC(C)(C)OC(=O)N1CC([SiH3])C[C@H]1C(=O)O. The molecule has 1 N–H and O–H groups in total. The van der Waals surface area contributed by atoms with Gasteiger partial charge in [0.05, 0.1) is 0 Å². The summed E-state index contributed by atoms with van der Waals surface area (Å²) >= 11 is 0. The highest BCUT2D eigenvalue weighted by atomic mass is 28.1. The maximum absolute atomic E-state index is 11.8. The smallest absolute Gasteiger partial charge is 0.411 e. The topological polar surface area (TPSA) is 66.8 Å². The summed E-state index contributed by atoms with van der Waals surface area (Å²) in [6.45, 7) is 5.83. The summed E-state index contributed by atoms with van der Waals surface area (Å²) in [5, 5.41) is 9.01. The van der Waals surface area contributed by atoms with Gasteiger partial charge in [0.15, 0.2) is 0 Å². The standard InChI is InChI=1S/C10H19NO4Si/c1-10(2,3)15-9(14)11-5-6(16)4-7(11)8(12)13/h6-7H,4-5H2,1-3,16H3,(H,12,13)/t6?,7-/m0/s1. The van der Waals surface area contributed by atoms with Crippen LogP contribution in [0.3, 0.4) is 0 Å². The monoisotopic (exact) mass is 245 g/mol. The molecule has 0 aromatic heterocycles. The van der Waals surface area contributed by atoms with Crippen molar-refractivity contribution >= 4 is 22.3 Å². The minimum absolute atomic E-state index is 0.341. The van der Waals surface area contributed by atoms with Gasteiger partial charge in [0.1, 0.15) is 11.6 Å². The van der Waals surface area contributed by atoms with Crippen LogP contribution < -0.4 is 0 Å². The van der Waals surface area contributed by atoms with E-state index in [1.54, 1.807) is 20.8 Å². The molecule has 0 aromatic rings. The van der Waals surface area contributed by atoms with Crippen LogP contribution in [-0.2, 0) is 9.53 Å². The Morgan fingerprint density at radius 1 is 1.44 bits per heavy atom. The van der Waals surface area contributed by atoms with Gasteiger partial charge in [-0.2, -0.15) is 0 Å². The van der Waals surface area contributed by atoms with Gasteiger partial charge in [-0.3, -0.25) is 4.90 Å². The lowest BCUT2D eigenvalue weighted by Crippen LogP contribution is -2.43. The van der Waals surface area contributed by atoms with E-state index < -0.39 is 23.7 Å². The van der Waals surface area contributed by atoms with Gasteiger partial charge in [0.2, 0.25) is 0 Å². The predicted molar refractivity (Wildman–Crippen MR) is 62.7 cm³/mol. The van der Waals surface area contributed by atoms with Crippen LogP contribution in [-0.4, -0.2) is 50.5 Å². The van der Waals surface area contributed by atoms with Gasteiger partial charge in [-0.25, -0.2) is 9.59 Å². The van der Waals surface area contributed by atoms with E-state index in [-0.39, 0.29) is 0 Å². The lowest BCUT2D eigenvalue weighted by molar-refractivity contribution is -0.142. The number of aliphatic carboxylic acids is 1. The molecule has 5 nitrogen and oxygen atoms in total. The summed E-state index contributed by atoms with van der Waals surface area (Å²) in [7, 11) is 0.900. The number of carbonyl (C=O) groups is 2. The third kappa shape index (κ3) is 3.23. The molecule has 1 unspecified atom stereocenters. The number of amides is 1. The first-order chi connectivity index (χ1) is 7.20. The molecule has 0 saturated carbocycles. The molecule has 0 radical (unpaired) electrons. The summed E-state index contributed by atoms with van der Waals surface area (Å²) in [6, 6.07) is -0.711. The Morgan fingerprint density at radius 3 is 2.44 bits per heavy atom. The zero-order chi connectivity index (χ0) is 12.5. The van der Waals surface area contributed by atoms with E-state index in [4.69, 9.17) is 9.84 Å².